The van der Waals surface area contributed by atoms with Gasteiger partial charge in [0, 0.05) is 0 Å². The molecule has 2 atom stereocenters. The van der Waals surface area contributed by atoms with Crippen molar-refractivity contribution < 1.29 is 14.4 Å². The summed E-state index contributed by atoms with van der Waals surface area (Å²) in [7, 11) is 0. The van der Waals surface area contributed by atoms with E-state index in [2.05, 4.69) is 10.3 Å². The number of para-hydroxylation sites is 1. The van der Waals surface area contributed by atoms with E-state index < -0.39 is 5.91 Å². The lowest BCUT2D eigenvalue weighted by Crippen LogP contribution is -2.38. The predicted octanol–water partition coefficient (Wildman–Crippen LogP) is 1.25. The Morgan fingerprint density at radius 2 is 1.74 bits per heavy atom. The van der Waals surface area contributed by atoms with Gasteiger partial charge in [0.1, 0.15) is 12.1 Å². The number of fused-ring (bicyclic) bond motifs is 2. The Bertz CT molecular complexity index is 789. The molecule has 0 N–H and O–H groups in total. The van der Waals surface area contributed by atoms with Gasteiger partial charge in [-0.15, -0.1) is 5.10 Å². The summed E-state index contributed by atoms with van der Waals surface area (Å²) in [5, 5.41) is 7.77. The maximum absolute atomic E-state index is 12.5. The first-order valence-corrected chi connectivity index (χ1v) is 7.85. The summed E-state index contributed by atoms with van der Waals surface area (Å²) >= 11 is 0. The zero-order chi connectivity index (χ0) is 16.0. The number of carbonyl (C=O) groups is 3. The fraction of sp³-hybridized carbons (Fsp3) is 0.438. The van der Waals surface area contributed by atoms with Crippen LogP contribution in [0.1, 0.15) is 30.5 Å². The van der Waals surface area contributed by atoms with Crippen LogP contribution in [0.2, 0.25) is 0 Å². The summed E-state index contributed by atoms with van der Waals surface area (Å²) in [6, 6.07) is 7.09. The maximum atomic E-state index is 12.5. The number of aromatic nitrogens is 3. The van der Waals surface area contributed by atoms with E-state index in [-0.39, 0.29) is 30.2 Å². The van der Waals surface area contributed by atoms with E-state index in [4.69, 9.17) is 0 Å². The summed E-state index contributed by atoms with van der Waals surface area (Å²) in [5.41, 5.74) is 1.18. The van der Waals surface area contributed by atoms with Crippen molar-refractivity contribution in [2.75, 3.05) is 6.54 Å². The summed E-state index contributed by atoms with van der Waals surface area (Å²) in [5.74, 6) is -1.32. The molecule has 2 fully saturated rings. The lowest BCUT2D eigenvalue weighted by molar-refractivity contribution is -0.139. The molecule has 0 unspecified atom stereocenters. The molecule has 1 saturated carbocycles. The zero-order valence-electron chi connectivity index (χ0n) is 12.5. The molecule has 7 heteroatoms. The molecule has 0 spiro atoms. The van der Waals surface area contributed by atoms with Gasteiger partial charge in [-0.2, -0.15) is 4.68 Å². The maximum Gasteiger partial charge on any atom is 0.268 e. The molecular weight excluding hydrogens is 296 g/mol. The Balaban J connectivity index is 1.59. The first-order valence-electron chi connectivity index (χ1n) is 7.85. The Hall–Kier alpha value is -2.57. The molecule has 2 aliphatic rings. The smallest absolute Gasteiger partial charge is 0.268 e. The molecule has 1 aliphatic carbocycles. The molecule has 7 nitrogen and oxygen atoms in total. The molecule has 1 aromatic heterocycles. The molecule has 2 amide bonds. The highest BCUT2D eigenvalue weighted by molar-refractivity contribution is 6.08. The second-order valence-corrected chi connectivity index (χ2v) is 6.14. The minimum Gasteiger partial charge on any atom is -0.274 e. The Kier molecular flexibility index (Phi) is 3.21. The fourth-order valence-corrected chi connectivity index (χ4v) is 3.64. The molecule has 2 heterocycles. The normalized spacial score (nSPS) is 24.3. The number of likely N-dealkylation sites (tertiary alicyclic amines) is 1. The molecule has 1 saturated heterocycles. The van der Waals surface area contributed by atoms with Gasteiger partial charge in [0.15, 0.2) is 0 Å². The van der Waals surface area contributed by atoms with Crippen LogP contribution in [0, 0.1) is 11.8 Å². The van der Waals surface area contributed by atoms with E-state index >= 15 is 0 Å². The van der Waals surface area contributed by atoms with Crippen molar-refractivity contribution in [1.82, 2.24) is 19.9 Å². The molecule has 0 bridgehead atoms. The van der Waals surface area contributed by atoms with Crippen molar-refractivity contribution in [2.45, 2.75) is 25.7 Å². The lowest BCUT2D eigenvalue weighted by Gasteiger charge is -2.19. The predicted molar refractivity (Wildman–Crippen MR) is 80.3 cm³/mol. The second-order valence-electron chi connectivity index (χ2n) is 6.14. The SMILES string of the molecule is O=C1[C@H]2CCCC[C@@H]2C(=O)N1CC(=O)n1nnc2ccccc21. The molecule has 23 heavy (non-hydrogen) atoms. The molecule has 2 aromatic rings. The van der Waals surface area contributed by atoms with Gasteiger partial charge in [-0.1, -0.05) is 30.2 Å². The second kappa shape index (κ2) is 5.26. The van der Waals surface area contributed by atoms with Crippen LogP contribution in [0.25, 0.3) is 11.0 Å². The minimum atomic E-state index is -0.418. The Morgan fingerprint density at radius 1 is 1.09 bits per heavy atom. The van der Waals surface area contributed by atoms with Crippen molar-refractivity contribution in [3.8, 4) is 0 Å². The largest absolute Gasteiger partial charge is 0.274 e. The summed E-state index contributed by atoms with van der Waals surface area (Å²) in [6.45, 7) is -0.266. The average molecular weight is 312 g/mol. The van der Waals surface area contributed by atoms with Crippen LogP contribution in [0.5, 0.6) is 0 Å². The van der Waals surface area contributed by atoms with Gasteiger partial charge in [0.25, 0.3) is 5.91 Å². The Morgan fingerprint density at radius 3 is 2.43 bits per heavy atom. The van der Waals surface area contributed by atoms with Gasteiger partial charge in [0.2, 0.25) is 11.8 Å². The lowest BCUT2D eigenvalue weighted by atomic mass is 9.81. The zero-order valence-corrected chi connectivity index (χ0v) is 12.5. The van der Waals surface area contributed by atoms with Crippen LogP contribution in [0.15, 0.2) is 24.3 Å². The van der Waals surface area contributed by atoms with Crippen LogP contribution < -0.4 is 0 Å². The third-order valence-electron chi connectivity index (χ3n) is 4.81. The van der Waals surface area contributed by atoms with E-state index in [1.807, 2.05) is 6.07 Å². The van der Waals surface area contributed by atoms with E-state index in [9.17, 15) is 14.4 Å². The van der Waals surface area contributed by atoms with Crippen molar-refractivity contribution >= 4 is 28.8 Å². The van der Waals surface area contributed by atoms with Crippen molar-refractivity contribution in [2.24, 2.45) is 11.8 Å². The van der Waals surface area contributed by atoms with Gasteiger partial charge < -0.3 is 0 Å². The standard InChI is InChI=1S/C16H16N4O3/c21-14(20-13-8-4-3-7-12(13)17-18-20)9-19-15(22)10-5-1-2-6-11(10)16(19)23/h3-4,7-8,10-11H,1-2,5-6,9H2/t10-,11-/m0/s1. The highest BCUT2D eigenvalue weighted by Gasteiger charge is 2.48. The van der Waals surface area contributed by atoms with Crippen LogP contribution in [-0.4, -0.2) is 44.2 Å². The third kappa shape index (κ3) is 2.15. The number of imide groups is 1. The number of rotatable bonds is 2. The van der Waals surface area contributed by atoms with Crippen LogP contribution in [-0.2, 0) is 9.59 Å². The highest BCUT2D eigenvalue weighted by Crippen LogP contribution is 2.37. The van der Waals surface area contributed by atoms with Crippen molar-refractivity contribution in [1.29, 1.82) is 0 Å². The highest BCUT2D eigenvalue weighted by atomic mass is 16.2. The summed E-state index contributed by atoms with van der Waals surface area (Å²) < 4.78 is 1.16. The monoisotopic (exact) mass is 312 g/mol. The minimum absolute atomic E-state index is 0.211. The average Bonchev–Trinajstić information content (AvgIpc) is 3.11. The number of benzene rings is 1. The van der Waals surface area contributed by atoms with Gasteiger partial charge >= 0.3 is 0 Å². The first-order chi connectivity index (χ1) is 11.2. The number of hydrogen-bond acceptors (Lipinski definition) is 5. The molecular formula is C16H16N4O3. The van der Waals surface area contributed by atoms with Gasteiger partial charge in [-0.25, -0.2) is 0 Å². The quantitative estimate of drug-likeness (QED) is 0.779. The topological polar surface area (TPSA) is 85.2 Å². The van der Waals surface area contributed by atoms with Gasteiger partial charge in [0.05, 0.1) is 17.4 Å². The molecule has 118 valence electrons. The number of nitrogens with zero attached hydrogens (tertiary/aromatic N) is 4. The van der Waals surface area contributed by atoms with Gasteiger partial charge in [-0.05, 0) is 25.0 Å². The summed E-state index contributed by atoms with van der Waals surface area (Å²) in [6.07, 6.45) is 3.42. The fourth-order valence-electron chi connectivity index (χ4n) is 3.64. The third-order valence-corrected chi connectivity index (χ3v) is 4.81. The number of hydrogen-bond donors (Lipinski definition) is 0. The van der Waals surface area contributed by atoms with E-state index in [1.54, 1.807) is 18.2 Å². The van der Waals surface area contributed by atoms with Crippen molar-refractivity contribution in [3.63, 3.8) is 0 Å². The number of carbonyl (C=O) groups excluding carboxylic acids is 3. The first kappa shape index (κ1) is 14.0. The molecule has 1 aromatic carbocycles. The molecule has 1 aliphatic heterocycles. The summed E-state index contributed by atoms with van der Waals surface area (Å²) in [4.78, 5) is 38.5. The van der Waals surface area contributed by atoms with Crippen LogP contribution in [0.3, 0.4) is 0 Å². The van der Waals surface area contributed by atoms with E-state index in [1.165, 1.54) is 0 Å². The van der Waals surface area contributed by atoms with Gasteiger partial charge in [-0.3, -0.25) is 19.3 Å². The molecule has 0 radical (unpaired) electrons. The van der Waals surface area contributed by atoms with Crippen molar-refractivity contribution in [3.05, 3.63) is 24.3 Å². The van der Waals surface area contributed by atoms with Crippen LogP contribution in [0.4, 0.5) is 0 Å². The Labute approximate surface area is 132 Å². The molecule has 4 rings (SSSR count). The van der Waals surface area contributed by atoms with E-state index in [0.29, 0.717) is 11.0 Å². The van der Waals surface area contributed by atoms with E-state index in [0.717, 1.165) is 35.3 Å². The van der Waals surface area contributed by atoms with Crippen LogP contribution >= 0.6 is 0 Å². The number of amides is 2.